The minimum atomic E-state index is -0.832. The van der Waals surface area contributed by atoms with Gasteiger partial charge < -0.3 is 15.4 Å². The van der Waals surface area contributed by atoms with Gasteiger partial charge in [0.2, 0.25) is 11.8 Å². The van der Waals surface area contributed by atoms with Crippen molar-refractivity contribution in [3.8, 4) is 0 Å². The van der Waals surface area contributed by atoms with E-state index in [0.29, 0.717) is 16.5 Å². The van der Waals surface area contributed by atoms with Crippen molar-refractivity contribution in [2.45, 2.75) is 45.0 Å². The third-order valence-corrected chi connectivity index (χ3v) is 6.22. The number of nitrogens with zero attached hydrogens (tertiary/aromatic N) is 2. The molecule has 0 fully saturated rings. The Kier molecular flexibility index (Phi) is 6.50. The lowest BCUT2D eigenvalue weighted by Crippen LogP contribution is -2.49. The largest absolute Gasteiger partial charge is 0.456 e. The van der Waals surface area contributed by atoms with Crippen LogP contribution in [0.1, 0.15) is 31.0 Å². The molecule has 1 aromatic rings. The van der Waals surface area contributed by atoms with E-state index in [0.717, 1.165) is 5.01 Å². The van der Waals surface area contributed by atoms with E-state index in [2.05, 4.69) is 27.2 Å². The number of esters is 1. The van der Waals surface area contributed by atoms with E-state index in [9.17, 15) is 14.4 Å². The number of thioether (sulfide) groups is 1. The number of thiazole rings is 1. The predicted molar refractivity (Wildman–Crippen MR) is 108 cm³/mol. The molecule has 3 rings (SSSR count). The van der Waals surface area contributed by atoms with E-state index in [1.54, 1.807) is 0 Å². The van der Waals surface area contributed by atoms with Crippen molar-refractivity contribution in [3.63, 3.8) is 0 Å². The highest BCUT2D eigenvalue weighted by Gasteiger charge is 2.33. The molecule has 2 amide bonds. The number of carbonyl (C=O) groups excluding carboxylic acids is 3. The minimum Gasteiger partial charge on any atom is -0.456 e. The van der Waals surface area contributed by atoms with Gasteiger partial charge >= 0.3 is 5.97 Å². The Morgan fingerprint density at radius 3 is 2.86 bits per heavy atom. The number of ether oxygens (including phenoxy) is 1. The fourth-order valence-corrected chi connectivity index (χ4v) is 4.50. The van der Waals surface area contributed by atoms with Gasteiger partial charge in [-0.05, 0) is 5.92 Å². The molecule has 3 heterocycles. The number of rotatable bonds is 2. The molecule has 1 aromatic heterocycles. The SMILES string of the molecule is C=C[C@@H]1CC(=O)NCc2nc(cs2)C2=N[C@@H](CS2)C(=O)N[C@@H](C(C)C)C(=O)O1. The molecular formula is C18H22N4O4S2. The molecule has 8 nitrogen and oxygen atoms in total. The Bertz CT molecular complexity index is 820. The topological polar surface area (TPSA) is 110 Å². The summed E-state index contributed by atoms with van der Waals surface area (Å²) in [5, 5.41) is 8.81. The number of hydrogen-bond acceptors (Lipinski definition) is 8. The number of hydrogen-bond donors (Lipinski definition) is 2. The van der Waals surface area contributed by atoms with Gasteiger partial charge in [-0.2, -0.15) is 0 Å². The lowest BCUT2D eigenvalue weighted by molar-refractivity contribution is -0.153. The first-order valence-corrected chi connectivity index (χ1v) is 10.8. The first-order chi connectivity index (χ1) is 13.4. The van der Waals surface area contributed by atoms with Crippen molar-refractivity contribution in [3.05, 3.63) is 28.7 Å². The summed E-state index contributed by atoms with van der Waals surface area (Å²) in [6.45, 7) is 7.54. The first kappa shape index (κ1) is 20.5. The van der Waals surface area contributed by atoms with Gasteiger partial charge in [-0.15, -0.1) is 23.1 Å². The molecule has 28 heavy (non-hydrogen) atoms. The molecule has 0 aliphatic carbocycles. The molecule has 0 aromatic carbocycles. The second-order valence-corrected chi connectivity index (χ2v) is 8.76. The van der Waals surface area contributed by atoms with Crippen LogP contribution in [0.3, 0.4) is 0 Å². The maximum absolute atomic E-state index is 12.6. The molecule has 2 aliphatic heterocycles. The standard InChI is InChI=1S/C18H22N4O4S2/c1-4-10-5-13(23)19-6-14-20-12(8-27-14)17-21-11(7-28-17)16(24)22-15(9(2)3)18(25)26-10/h4,8-11,15H,1,5-7H2,2-3H3,(H,19,23)(H,22,24)/t10-,11+,15+/m1/s1. The van der Waals surface area contributed by atoms with Gasteiger partial charge in [0.1, 0.15) is 33.9 Å². The molecular weight excluding hydrogens is 400 g/mol. The molecule has 2 aliphatic rings. The second kappa shape index (κ2) is 8.87. The average molecular weight is 423 g/mol. The number of carbonyl (C=O) groups is 3. The predicted octanol–water partition coefficient (Wildman–Crippen LogP) is 1.26. The quantitative estimate of drug-likeness (QED) is 0.549. The Balaban J connectivity index is 1.88. The summed E-state index contributed by atoms with van der Waals surface area (Å²) in [7, 11) is 0. The van der Waals surface area contributed by atoms with Crippen molar-refractivity contribution < 1.29 is 19.1 Å². The lowest BCUT2D eigenvalue weighted by Gasteiger charge is -2.24. The Labute approximate surface area is 171 Å². The Morgan fingerprint density at radius 2 is 2.14 bits per heavy atom. The molecule has 150 valence electrons. The highest BCUT2D eigenvalue weighted by Crippen LogP contribution is 2.25. The van der Waals surface area contributed by atoms with Crippen LogP contribution in [0.15, 0.2) is 23.0 Å². The zero-order valence-corrected chi connectivity index (χ0v) is 17.3. The van der Waals surface area contributed by atoms with Crippen LogP contribution in [0.4, 0.5) is 0 Å². The van der Waals surface area contributed by atoms with E-state index < -0.39 is 24.2 Å². The number of cyclic esters (lactones) is 1. The van der Waals surface area contributed by atoms with E-state index in [1.807, 2.05) is 19.2 Å². The van der Waals surface area contributed by atoms with Crippen molar-refractivity contribution in [2.24, 2.45) is 10.9 Å². The molecule has 10 heteroatoms. The van der Waals surface area contributed by atoms with Crippen molar-refractivity contribution in [1.82, 2.24) is 15.6 Å². The minimum absolute atomic E-state index is 0.0442. The summed E-state index contributed by atoms with van der Waals surface area (Å²) < 4.78 is 5.41. The van der Waals surface area contributed by atoms with Crippen molar-refractivity contribution in [1.29, 1.82) is 0 Å². The number of amides is 2. The van der Waals surface area contributed by atoms with Gasteiger partial charge in [0.15, 0.2) is 0 Å². The van der Waals surface area contributed by atoms with Crippen molar-refractivity contribution in [2.75, 3.05) is 5.75 Å². The number of aliphatic imine (C=N–C) groups is 1. The summed E-state index contributed by atoms with van der Waals surface area (Å²) in [5.41, 5.74) is 0.699. The number of aromatic nitrogens is 1. The first-order valence-electron chi connectivity index (χ1n) is 8.93. The van der Waals surface area contributed by atoms with Crippen LogP contribution in [0.2, 0.25) is 0 Å². The smallest absolute Gasteiger partial charge is 0.329 e. The zero-order chi connectivity index (χ0) is 20.3. The maximum atomic E-state index is 12.6. The van der Waals surface area contributed by atoms with Crippen LogP contribution in [0.25, 0.3) is 0 Å². The summed E-state index contributed by atoms with van der Waals surface area (Å²) in [6, 6.07) is -1.41. The molecule has 0 saturated carbocycles. The molecule has 0 spiro atoms. The summed E-state index contributed by atoms with van der Waals surface area (Å²) in [4.78, 5) is 46.4. The van der Waals surface area contributed by atoms with Crippen LogP contribution < -0.4 is 10.6 Å². The Hall–Kier alpha value is -2.20. The fraction of sp³-hybridized carbons (Fsp3) is 0.500. The van der Waals surface area contributed by atoms with E-state index in [-0.39, 0.29) is 30.7 Å². The Morgan fingerprint density at radius 1 is 1.36 bits per heavy atom. The van der Waals surface area contributed by atoms with Gasteiger partial charge in [0.05, 0.1) is 13.0 Å². The van der Waals surface area contributed by atoms with Gasteiger partial charge in [0, 0.05) is 11.1 Å². The van der Waals surface area contributed by atoms with Gasteiger partial charge in [0.25, 0.3) is 0 Å². The highest BCUT2D eigenvalue weighted by atomic mass is 32.2. The molecule has 4 bridgehead atoms. The van der Waals surface area contributed by atoms with Crippen LogP contribution in [0.5, 0.6) is 0 Å². The highest BCUT2D eigenvalue weighted by molar-refractivity contribution is 8.14. The summed E-state index contributed by atoms with van der Waals surface area (Å²) >= 11 is 2.87. The van der Waals surface area contributed by atoms with E-state index in [4.69, 9.17) is 4.74 Å². The normalized spacial score (nSPS) is 26.3. The fourth-order valence-electron chi connectivity index (χ4n) is 2.71. The van der Waals surface area contributed by atoms with Crippen molar-refractivity contribution >= 4 is 45.9 Å². The maximum Gasteiger partial charge on any atom is 0.329 e. The number of nitrogens with one attached hydrogen (secondary N) is 2. The van der Waals surface area contributed by atoms with Crippen LogP contribution in [-0.4, -0.2) is 51.8 Å². The lowest BCUT2D eigenvalue weighted by atomic mass is 10.0. The van der Waals surface area contributed by atoms with Gasteiger partial charge in [-0.25, -0.2) is 9.78 Å². The summed E-state index contributed by atoms with van der Waals surface area (Å²) in [6.07, 6.45) is 0.584. The molecule has 0 unspecified atom stereocenters. The second-order valence-electron chi connectivity index (χ2n) is 6.81. The molecule has 3 atom stereocenters. The molecule has 0 saturated heterocycles. The number of fused-ring (bicyclic) bond motifs is 4. The molecule has 2 N–H and O–H groups in total. The summed E-state index contributed by atoms with van der Waals surface area (Å²) in [5.74, 6) is -0.897. The van der Waals surface area contributed by atoms with E-state index >= 15 is 0 Å². The third-order valence-electron chi connectivity index (χ3n) is 4.30. The van der Waals surface area contributed by atoms with Gasteiger partial charge in [-0.1, -0.05) is 26.5 Å². The van der Waals surface area contributed by atoms with Crippen LogP contribution in [-0.2, 0) is 25.7 Å². The van der Waals surface area contributed by atoms with Crippen LogP contribution >= 0.6 is 23.1 Å². The molecule has 0 radical (unpaired) electrons. The van der Waals surface area contributed by atoms with E-state index in [1.165, 1.54) is 29.2 Å². The van der Waals surface area contributed by atoms with Crippen LogP contribution in [0, 0.1) is 5.92 Å². The monoisotopic (exact) mass is 422 g/mol. The van der Waals surface area contributed by atoms with Gasteiger partial charge in [-0.3, -0.25) is 14.6 Å². The average Bonchev–Trinajstić information content (AvgIpc) is 3.31. The third kappa shape index (κ3) is 4.79. The zero-order valence-electron chi connectivity index (χ0n) is 15.6.